The van der Waals surface area contributed by atoms with Gasteiger partial charge in [-0.05, 0) is 74.9 Å². The lowest BCUT2D eigenvalue weighted by atomic mass is 9.76. The number of pyridine rings is 1. The molecule has 1 saturated heterocycles. The molecule has 1 saturated carbocycles. The third-order valence-electron chi connectivity index (χ3n) is 8.63. The molecule has 4 unspecified atom stereocenters. The summed E-state index contributed by atoms with van der Waals surface area (Å²) < 4.78 is 5.65. The Hall–Kier alpha value is -4.36. The van der Waals surface area contributed by atoms with E-state index in [-0.39, 0.29) is 35.0 Å². The van der Waals surface area contributed by atoms with Crippen molar-refractivity contribution >= 4 is 51.8 Å². The fourth-order valence-corrected chi connectivity index (χ4v) is 6.48. The highest BCUT2D eigenvalue weighted by Crippen LogP contribution is 2.42. The zero-order chi connectivity index (χ0) is 30.4. The fourth-order valence-electron chi connectivity index (χ4n) is 6.29. The maximum Gasteiger partial charge on any atom is 0.339 e. The number of carbonyl (C=O) groups excluding carboxylic acids is 4. The highest BCUT2D eigenvalue weighted by atomic mass is 35.5. The Bertz CT molecular complexity index is 1780. The van der Waals surface area contributed by atoms with Gasteiger partial charge in [0, 0.05) is 21.5 Å². The first-order valence-corrected chi connectivity index (χ1v) is 14.9. The van der Waals surface area contributed by atoms with Gasteiger partial charge in [0.1, 0.15) is 0 Å². The van der Waals surface area contributed by atoms with E-state index in [1.807, 2.05) is 19.1 Å². The molecule has 0 spiro atoms. The second-order valence-corrected chi connectivity index (χ2v) is 12.1. The molecule has 0 radical (unpaired) electrons. The van der Waals surface area contributed by atoms with Crippen LogP contribution in [0.2, 0.25) is 5.02 Å². The van der Waals surface area contributed by atoms with Gasteiger partial charge in [-0.2, -0.15) is 0 Å². The zero-order valence-corrected chi connectivity index (χ0v) is 24.9. The fraction of sp³-hybridized carbons (Fsp3) is 0.286. The molecule has 2 fully saturated rings. The molecule has 8 heteroatoms. The Kier molecular flexibility index (Phi) is 7.61. The number of amides is 2. The first-order valence-electron chi connectivity index (χ1n) is 14.5. The molecule has 43 heavy (non-hydrogen) atoms. The number of aromatic nitrogens is 1. The van der Waals surface area contributed by atoms with Crippen molar-refractivity contribution in [1.29, 1.82) is 0 Å². The number of hydrogen-bond donors (Lipinski definition) is 0. The molecule has 0 N–H and O–H groups in total. The molecule has 7 nitrogen and oxygen atoms in total. The number of ketones is 1. The summed E-state index contributed by atoms with van der Waals surface area (Å²) in [6.07, 6.45) is 1.40. The maximum absolute atomic E-state index is 13.5. The van der Waals surface area contributed by atoms with Crippen molar-refractivity contribution in [2.45, 2.75) is 46.1 Å². The first-order chi connectivity index (χ1) is 20.6. The van der Waals surface area contributed by atoms with Crippen LogP contribution in [0.1, 0.15) is 59.4 Å². The number of esters is 1. The lowest BCUT2D eigenvalue weighted by molar-refractivity contribution is -0.122. The highest BCUT2D eigenvalue weighted by molar-refractivity contribution is 6.31. The number of nitrogens with zero attached hydrogens (tertiary/aromatic N) is 2. The number of halogens is 1. The molecule has 6 rings (SSSR count). The van der Waals surface area contributed by atoms with Crippen LogP contribution in [-0.2, 0) is 14.3 Å². The highest BCUT2D eigenvalue weighted by Gasteiger charge is 2.49. The van der Waals surface area contributed by atoms with E-state index in [4.69, 9.17) is 21.3 Å². The van der Waals surface area contributed by atoms with Crippen LogP contribution in [0, 0.1) is 24.7 Å². The zero-order valence-electron chi connectivity index (χ0n) is 24.2. The quantitative estimate of drug-likeness (QED) is 0.133. The van der Waals surface area contributed by atoms with Crippen molar-refractivity contribution in [2.75, 3.05) is 4.90 Å². The molecule has 2 heterocycles. The summed E-state index contributed by atoms with van der Waals surface area (Å²) in [5.74, 6) is -1.31. The van der Waals surface area contributed by atoms with Crippen LogP contribution in [-0.4, -0.2) is 34.7 Å². The van der Waals surface area contributed by atoms with E-state index in [9.17, 15) is 19.2 Å². The minimum Gasteiger partial charge on any atom is -0.451 e. The number of rotatable bonds is 6. The van der Waals surface area contributed by atoms with Crippen molar-refractivity contribution in [3.05, 3.63) is 94.5 Å². The van der Waals surface area contributed by atoms with Gasteiger partial charge in [-0.25, -0.2) is 9.78 Å². The maximum atomic E-state index is 13.5. The van der Waals surface area contributed by atoms with Crippen LogP contribution in [0.4, 0.5) is 5.69 Å². The van der Waals surface area contributed by atoms with Crippen LogP contribution in [0.5, 0.6) is 0 Å². The van der Waals surface area contributed by atoms with Crippen LogP contribution < -0.4 is 4.90 Å². The van der Waals surface area contributed by atoms with Crippen LogP contribution >= 0.6 is 11.6 Å². The van der Waals surface area contributed by atoms with Crippen molar-refractivity contribution in [2.24, 2.45) is 17.8 Å². The summed E-state index contributed by atoms with van der Waals surface area (Å²) in [4.78, 5) is 59.0. The van der Waals surface area contributed by atoms with E-state index in [1.165, 1.54) is 11.8 Å². The van der Waals surface area contributed by atoms with Gasteiger partial charge in [-0.1, -0.05) is 61.0 Å². The smallest absolute Gasteiger partial charge is 0.339 e. The number of hydrogen-bond acceptors (Lipinski definition) is 6. The molecule has 4 atom stereocenters. The van der Waals surface area contributed by atoms with E-state index in [0.29, 0.717) is 44.4 Å². The van der Waals surface area contributed by atoms with Crippen molar-refractivity contribution in [1.82, 2.24) is 4.98 Å². The third kappa shape index (κ3) is 5.34. The molecular weight excluding hydrogens is 564 g/mol. The molecule has 2 aliphatic rings. The normalized spacial score (nSPS) is 20.7. The molecule has 2 amide bonds. The molecular formula is C35H31ClN2O5. The number of fused-ring (bicyclic) bond motifs is 2. The van der Waals surface area contributed by atoms with Crippen molar-refractivity contribution in [3.8, 4) is 11.3 Å². The Morgan fingerprint density at radius 2 is 1.67 bits per heavy atom. The number of anilines is 1. The average Bonchev–Trinajstić information content (AvgIpc) is 3.24. The largest absolute Gasteiger partial charge is 0.451 e. The Morgan fingerprint density at radius 3 is 2.42 bits per heavy atom. The number of para-hydroxylation sites is 1. The van der Waals surface area contributed by atoms with Gasteiger partial charge in [0.25, 0.3) is 0 Å². The third-order valence-corrected chi connectivity index (χ3v) is 8.87. The average molecular weight is 595 g/mol. The predicted octanol–water partition coefficient (Wildman–Crippen LogP) is 7.22. The van der Waals surface area contributed by atoms with Crippen molar-refractivity contribution < 1.29 is 23.9 Å². The monoisotopic (exact) mass is 594 g/mol. The van der Waals surface area contributed by atoms with Gasteiger partial charge < -0.3 is 4.74 Å². The van der Waals surface area contributed by atoms with Gasteiger partial charge in [0.05, 0.1) is 34.3 Å². The Morgan fingerprint density at radius 1 is 0.953 bits per heavy atom. The summed E-state index contributed by atoms with van der Waals surface area (Å²) >= 11 is 6.04. The Labute approximate surface area is 254 Å². The minimum absolute atomic E-state index is 0.124. The Balaban J connectivity index is 1.30. The van der Waals surface area contributed by atoms with Crippen LogP contribution in [0.25, 0.3) is 22.2 Å². The van der Waals surface area contributed by atoms with Crippen molar-refractivity contribution in [3.63, 3.8) is 0 Å². The molecule has 4 aromatic rings. The van der Waals surface area contributed by atoms with Gasteiger partial charge in [-0.3, -0.25) is 19.3 Å². The van der Waals surface area contributed by atoms with E-state index in [2.05, 4.69) is 6.92 Å². The number of Topliss-reactive ketones (excluding diaryl/α,β-unsaturated/α-hetero) is 1. The van der Waals surface area contributed by atoms with E-state index < -0.39 is 12.1 Å². The standard InChI is InChI=1S/C35H31ClN2O5/c1-19-10-15-27-28(16-19)34(41)38(33(27)40)25-13-11-22(12-14-25)30-18-29(26-9-4-6-20(2)31(26)37-30)35(42)43-21(3)32(39)23-7-5-8-24(36)17-23/h4-9,11-14,17-19,21,27-28H,10,15-16H2,1-3H3. The molecule has 1 aliphatic heterocycles. The van der Waals surface area contributed by atoms with Crippen LogP contribution in [0.15, 0.2) is 72.8 Å². The first kappa shape index (κ1) is 28.7. The second kappa shape index (κ2) is 11.4. The summed E-state index contributed by atoms with van der Waals surface area (Å²) in [7, 11) is 0. The van der Waals surface area contributed by atoms with E-state index in [0.717, 1.165) is 24.8 Å². The topological polar surface area (TPSA) is 93.6 Å². The molecule has 218 valence electrons. The number of aryl methyl sites for hydroxylation is 1. The molecule has 1 aliphatic carbocycles. The summed E-state index contributed by atoms with van der Waals surface area (Å²) in [6.45, 7) is 5.58. The SMILES string of the molecule is Cc1cccc2c(C(=O)OC(C)C(=O)c3cccc(Cl)c3)cc(-c3ccc(N4C(=O)C5CCC(C)CC5C4=O)cc3)nc12. The molecule has 0 bridgehead atoms. The number of benzene rings is 3. The second-order valence-electron chi connectivity index (χ2n) is 11.6. The molecule has 3 aromatic carbocycles. The van der Waals surface area contributed by atoms with Crippen LogP contribution in [0.3, 0.4) is 0 Å². The summed E-state index contributed by atoms with van der Waals surface area (Å²) in [5, 5.41) is 1.03. The van der Waals surface area contributed by atoms with Gasteiger partial charge in [-0.15, -0.1) is 0 Å². The lowest BCUT2D eigenvalue weighted by Gasteiger charge is -2.25. The minimum atomic E-state index is -1.04. The summed E-state index contributed by atoms with van der Waals surface area (Å²) in [6, 6.07) is 20.8. The lowest BCUT2D eigenvalue weighted by Crippen LogP contribution is -2.30. The predicted molar refractivity (Wildman–Crippen MR) is 165 cm³/mol. The number of ether oxygens (including phenoxy) is 1. The number of carbonyl (C=O) groups is 4. The van der Waals surface area contributed by atoms with E-state index >= 15 is 0 Å². The van der Waals surface area contributed by atoms with Gasteiger partial charge in [0.15, 0.2) is 6.10 Å². The summed E-state index contributed by atoms with van der Waals surface area (Å²) in [5.41, 5.74) is 3.90. The van der Waals surface area contributed by atoms with Gasteiger partial charge in [0.2, 0.25) is 17.6 Å². The molecule has 1 aromatic heterocycles. The number of imide groups is 1. The van der Waals surface area contributed by atoms with E-state index in [1.54, 1.807) is 60.7 Å². The van der Waals surface area contributed by atoms with Gasteiger partial charge >= 0.3 is 5.97 Å².